The highest BCUT2D eigenvalue weighted by Gasteiger charge is 2.44. The zero-order valence-corrected chi connectivity index (χ0v) is 33.6. The lowest BCUT2D eigenvalue weighted by Crippen LogP contribution is -2.58. The van der Waals surface area contributed by atoms with E-state index in [-0.39, 0.29) is 17.6 Å². The average Bonchev–Trinajstić information content (AvgIpc) is 3.13. The Balaban J connectivity index is 2.35. The SMILES string of the molecule is CCCCCCCCCCCCCCCCCC(=O)N[C@@H](CS[C@@H]1OC(CO)[C@H](O)[C@H](O)C1O)C(=O)NCCCCCCCCCCCCCC. The molecule has 1 rings (SSSR count). The number of aliphatic hydroxyl groups excluding tert-OH is 4. The average molecular weight is 745 g/mol. The van der Waals surface area contributed by atoms with Gasteiger partial charge in [-0.15, -0.1) is 11.8 Å². The van der Waals surface area contributed by atoms with Gasteiger partial charge in [0.2, 0.25) is 11.8 Å². The zero-order chi connectivity index (χ0) is 37.4. The van der Waals surface area contributed by atoms with Gasteiger partial charge in [-0.1, -0.05) is 174 Å². The molecule has 1 fully saturated rings. The van der Waals surface area contributed by atoms with Crippen LogP contribution in [-0.4, -0.2) is 87.0 Å². The van der Waals surface area contributed by atoms with Gasteiger partial charge >= 0.3 is 0 Å². The maximum absolute atomic E-state index is 13.2. The summed E-state index contributed by atoms with van der Waals surface area (Å²) in [7, 11) is 0. The molecule has 302 valence electrons. The van der Waals surface area contributed by atoms with Crippen LogP contribution in [0.15, 0.2) is 0 Å². The fourth-order valence-electron chi connectivity index (χ4n) is 6.80. The topological polar surface area (TPSA) is 148 Å². The van der Waals surface area contributed by atoms with E-state index in [1.807, 2.05) is 0 Å². The number of carbonyl (C=O) groups excluding carboxylic acids is 2. The van der Waals surface area contributed by atoms with Crippen LogP contribution in [0.5, 0.6) is 0 Å². The zero-order valence-electron chi connectivity index (χ0n) is 32.8. The molecule has 1 saturated heterocycles. The molecule has 0 aromatic carbocycles. The second-order valence-corrected chi connectivity index (χ2v) is 16.2. The molecular formula is C41H80N2O7S. The number of hydrogen-bond acceptors (Lipinski definition) is 8. The van der Waals surface area contributed by atoms with E-state index < -0.39 is 42.5 Å². The summed E-state index contributed by atoms with van der Waals surface area (Å²) in [6.07, 6.45) is 28.8. The maximum atomic E-state index is 13.2. The molecule has 0 aromatic heterocycles. The Morgan fingerprint density at radius 2 is 1.00 bits per heavy atom. The maximum Gasteiger partial charge on any atom is 0.243 e. The van der Waals surface area contributed by atoms with Gasteiger partial charge in [0.1, 0.15) is 35.9 Å². The van der Waals surface area contributed by atoms with E-state index in [9.17, 15) is 30.0 Å². The van der Waals surface area contributed by atoms with Crippen molar-refractivity contribution in [2.24, 2.45) is 0 Å². The van der Waals surface area contributed by atoms with Crippen molar-refractivity contribution in [3.63, 3.8) is 0 Å². The van der Waals surface area contributed by atoms with E-state index >= 15 is 0 Å². The van der Waals surface area contributed by atoms with Crippen LogP contribution >= 0.6 is 11.8 Å². The number of aliphatic hydroxyl groups is 4. The molecule has 6 N–H and O–H groups in total. The van der Waals surface area contributed by atoms with Crippen LogP contribution < -0.4 is 10.6 Å². The minimum atomic E-state index is -1.48. The summed E-state index contributed by atoms with van der Waals surface area (Å²) >= 11 is 1.09. The van der Waals surface area contributed by atoms with Gasteiger partial charge in [-0.3, -0.25) is 9.59 Å². The first kappa shape index (κ1) is 48.1. The minimum Gasteiger partial charge on any atom is -0.394 e. The first-order valence-electron chi connectivity index (χ1n) is 21.3. The Morgan fingerprint density at radius 1 is 0.588 bits per heavy atom. The second-order valence-electron chi connectivity index (χ2n) is 15.0. The second kappa shape index (κ2) is 33.6. The molecule has 2 unspecified atom stereocenters. The highest BCUT2D eigenvalue weighted by Crippen LogP contribution is 2.29. The Bertz CT molecular complexity index is 821. The number of unbranched alkanes of at least 4 members (excludes halogenated alkanes) is 25. The standard InChI is InChI=1S/C41H80N2O7S/c1-3-5-7-9-11-13-15-17-18-19-20-22-24-26-28-30-36(45)43-34(33-51-41-39(48)38(47)37(46)35(32-44)50-41)40(49)42-31-29-27-25-23-21-16-14-12-10-8-6-4-2/h34-35,37-39,41,44,46-48H,3-33H2,1-2H3,(H,42,49)(H,43,45)/t34-,35?,37-,38-,39?,41-/m0/s1. The minimum absolute atomic E-state index is 0.123. The van der Waals surface area contributed by atoms with Crippen molar-refractivity contribution in [3.8, 4) is 0 Å². The lowest BCUT2D eigenvalue weighted by atomic mass is 10.0. The third-order valence-corrected chi connectivity index (χ3v) is 11.5. The van der Waals surface area contributed by atoms with E-state index in [4.69, 9.17) is 4.74 Å². The number of carbonyl (C=O) groups is 2. The van der Waals surface area contributed by atoms with E-state index in [2.05, 4.69) is 24.5 Å². The van der Waals surface area contributed by atoms with Crippen LogP contribution in [-0.2, 0) is 14.3 Å². The van der Waals surface area contributed by atoms with Crippen LogP contribution in [0, 0.1) is 0 Å². The van der Waals surface area contributed by atoms with Gasteiger partial charge in [-0.05, 0) is 12.8 Å². The molecule has 1 aliphatic rings. The fourth-order valence-corrected chi connectivity index (χ4v) is 8.00. The molecule has 0 aliphatic carbocycles. The Hall–Kier alpha value is -0.910. The van der Waals surface area contributed by atoms with Crippen LogP contribution in [0.2, 0.25) is 0 Å². The van der Waals surface area contributed by atoms with E-state index in [0.29, 0.717) is 13.0 Å². The van der Waals surface area contributed by atoms with Gasteiger partial charge in [0.05, 0.1) is 6.61 Å². The number of amides is 2. The van der Waals surface area contributed by atoms with Gasteiger partial charge in [-0.2, -0.15) is 0 Å². The smallest absolute Gasteiger partial charge is 0.243 e. The van der Waals surface area contributed by atoms with Gasteiger partial charge in [-0.25, -0.2) is 0 Å². The molecule has 0 radical (unpaired) electrons. The molecule has 0 saturated carbocycles. The van der Waals surface area contributed by atoms with E-state index in [1.54, 1.807) is 0 Å². The van der Waals surface area contributed by atoms with Gasteiger partial charge in [0.15, 0.2) is 0 Å². The van der Waals surface area contributed by atoms with Crippen molar-refractivity contribution in [1.82, 2.24) is 10.6 Å². The van der Waals surface area contributed by atoms with Crippen LogP contribution in [0.4, 0.5) is 0 Å². The number of ether oxygens (including phenoxy) is 1. The monoisotopic (exact) mass is 745 g/mol. The lowest BCUT2D eigenvalue weighted by molar-refractivity contribution is -0.205. The number of nitrogens with one attached hydrogen (secondary N) is 2. The molecule has 2 amide bonds. The van der Waals surface area contributed by atoms with Crippen molar-refractivity contribution < 1.29 is 34.8 Å². The fraction of sp³-hybridized carbons (Fsp3) is 0.951. The molecule has 0 aromatic rings. The third-order valence-electron chi connectivity index (χ3n) is 10.3. The quantitative estimate of drug-likeness (QED) is 0.0357. The molecule has 0 spiro atoms. The molecule has 0 bridgehead atoms. The molecule has 10 heteroatoms. The van der Waals surface area contributed by atoms with Crippen LogP contribution in [0.25, 0.3) is 0 Å². The molecular weight excluding hydrogens is 665 g/mol. The summed E-state index contributed by atoms with van der Waals surface area (Å²) in [4.78, 5) is 26.1. The molecule has 1 heterocycles. The highest BCUT2D eigenvalue weighted by molar-refractivity contribution is 7.99. The molecule has 51 heavy (non-hydrogen) atoms. The van der Waals surface area contributed by atoms with Crippen molar-refractivity contribution in [3.05, 3.63) is 0 Å². The summed E-state index contributed by atoms with van der Waals surface area (Å²) in [5.74, 6) is -0.331. The van der Waals surface area contributed by atoms with Crippen molar-refractivity contribution in [1.29, 1.82) is 0 Å². The summed E-state index contributed by atoms with van der Waals surface area (Å²) in [6, 6.07) is -0.830. The number of hydrogen-bond donors (Lipinski definition) is 6. The third kappa shape index (κ3) is 24.9. The summed E-state index contributed by atoms with van der Waals surface area (Å²) in [5, 5.41) is 46.2. The predicted octanol–water partition coefficient (Wildman–Crippen LogP) is 8.08. The van der Waals surface area contributed by atoms with Crippen molar-refractivity contribution in [2.45, 2.75) is 230 Å². The predicted molar refractivity (Wildman–Crippen MR) is 212 cm³/mol. The van der Waals surface area contributed by atoms with Gasteiger partial charge < -0.3 is 35.8 Å². The van der Waals surface area contributed by atoms with Crippen LogP contribution in [0.3, 0.4) is 0 Å². The van der Waals surface area contributed by atoms with E-state index in [0.717, 1.165) is 50.3 Å². The Morgan fingerprint density at radius 3 is 1.43 bits per heavy atom. The molecule has 9 nitrogen and oxygen atoms in total. The Labute approximate surface area is 316 Å². The van der Waals surface area contributed by atoms with Crippen LogP contribution in [0.1, 0.15) is 194 Å². The van der Waals surface area contributed by atoms with Crippen molar-refractivity contribution >= 4 is 23.6 Å². The number of thioether (sulfide) groups is 1. The summed E-state index contributed by atoms with van der Waals surface area (Å²) in [6.45, 7) is 4.53. The summed E-state index contributed by atoms with van der Waals surface area (Å²) in [5.41, 5.74) is -0.959. The first-order chi connectivity index (χ1) is 24.8. The van der Waals surface area contributed by atoms with Crippen molar-refractivity contribution in [2.75, 3.05) is 18.9 Å². The molecule has 6 atom stereocenters. The summed E-state index contributed by atoms with van der Waals surface area (Å²) < 4.78 is 5.62. The molecule has 1 aliphatic heterocycles. The highest BCUT2D eigenvalue weighted by atomic mass is 32.2. The van der Waals surface area contributed by atoms with E-state index in [1.165, 1.54) is 135 Å². The lowest BCUT2D eigenvalue weighted by Gasteiger charge is -2.40. The van der Waals surface area contributed by atoms with Gasteiger partial charge in [0.25, 0.3) is 0 Å². The Kier molecular flexibility index (Phi) is 31.7. The van der Waals surface area contributed by atoms with Gasteiger partial charge in [0, 0.05) is 18.7 Å². The largest absolute Gasteiger partial charge is 0.394 e. The first-order valence-corrected chi connectivity index (χ1v) is 22.4. The normalized spacial score (nSPS) is 21.1. The number of rotatable bonds is 35.